The van der Waals surface area contributed by atoms with Crippen molar-refractivity contribution in [2.24, 2.45) is 0 Å². The lowest BCUT2D eigenvalue weighted by Crippen LogP contribution is -2.16. The van der Waals surface area contributed by atoms with Crippen LogP contribution in [0.5, 0.6) is 0 Å². The van der Waals surface area contributed by atoms with Gasteiger partial charge in [-0.05, 0) is 42.0 Å². The second kappa shape index (κ2) is 7.84. The van der Waals surface area contributed by atoms with Crippen LogP contribution >= 0.6 is 11.6 Å². The van der Waals surface area contributed by atoms with Crippen molar-refractivity contribution in [3.05, 3.63) is 76.9 Å². The van der Waals surface area contributed by atoms with Crippen LogP contribution in [0.25, 0.3) is 0 Å². The average Bonchev–Trinajstić information content (AvgIpc) is 3.04. The van der Waals surface area contributed by atoms with E-state index in [1.807, 2.05) is 24.3 Å². The molecule has 0 aliphatic heterocycles. The van der Waals surface area contributed by atoms with Gasteiger partial charge in [0.05, 0.1) is 12.7 Å². The van der Waals surface area contributed by atoms with E-state index in [4.69, 9.17) is 11.6 Å². The second-order valence-electron chi connectivity index (χ2n) is 5.71. The summed E-state index contributed by atoms with van der Waals surface area (Å²) in [5, 5.41) is 10.4. The smallest absolute Gasteiger partial charge is 0.256 e. The van der Waals surface area contributed by atoms with E-state index in [0.29, 0.717) is 28.6 Å². The lowest BCUT2D eigenvalue weighted by atomic mass is 10.2. The zero-order valence-corrected chi connectivity index (χ0v) is 14.8. The van der Waals surface area contributed by atoms with Crippen molar-refractivity contribution in [2.75, 3.05) is 10.6 Å². The molecule has 3 rings (SSSR count). The standard InChI is InChI=1S/C19H17ClN4O2/c1-13(25)22-17-8-4-15(5-9-17)19(26)23-18-10-11-21-24(18)12-14-2-6-16(20)7-3-14/h2-11H,12H2,1H3,(H,22,25)(H,23,26). The molecule has 0 radical (unpaired) electrons. The van der Waals surface area contributed by atoms with Crippen LogP contribution < -0.4 is 10.6 Å². The molecule has 1 aromatic heterocycles. The Bertz CT molecular complexity index is 917. The molecule has 0 fully saturated rings. The zero-order chi connectivity index (χ0) is 18.5. The van der Waals surface area contributed by atoms with Gasteiger partial charge in [0.1, 0.15) is 5.82 Å². The summed E-state index contributed by atoms with van der Waals surface area (Å²) in [6.07, 6.45) is 1.63. The molecule has 1 heterocycles. The lowest BCUT2D eigenvalue weighted by molar-refractivity contribution is -0.114. The van der Waals surface area contributed by atoms with Crippen molar-refractivity contribution in [3.63, 3.8) is 0 Å². The summed E-state index contributed by atoms with van der Waals surface area (Å²) in [5.41, 5.74) is 2.15. The topological polar surface area (TPSA) is 76.0 Å². The molecule has 0 atom stereocenters. The maximum absolute atomic E-state index is 12.4. The summed E-state index contributed by atoms with van der Waals surface area (Å²) < 4.78 is 1.70. The molecule has 2 N–H and O–H groups in total. The summed E-state index contributed by atoms with van der Waals surface area (Å²) in [6, 6.07) is 15.9. The largest absolute Gasteiger partial charge is 0.326 e. The minimum Gasteiger partial charge on any atom is -0.326 e. The van der Waals surface area contributed by atoms with Crippen molar-refractivity contribution in [2.45, 2.75) is 13.5 Å². The highest BCUT2D eigenvalue weighted by molar-refractivity contribution is 6.30. The highest BCUT2D eigenvalue weighted by Crippen LogP contribution is 2.15. The number of hydrogen-bond donors (Lipinski definition) is 2. The molecule has 0 bridgehead atoms. The number of aromatic nitrogens is 2. The molecule has 2 amide bonds. The minimum absolute atomic E-state index is 0.159. The summed E-state index contributed by atoms with van der Waals surface area (Å²) in [7, 11) is 0. The number of amides is 2. The molecule has 3 aromatic rings. The first-order valence-electron chi connectivity index (χ1n) is 7.96. The number of nitrogens with zero attached hydrogens (tertiary/aromatic N) is 2. The van der Waals surface area contributed by atoms with E-state index >= 15 is 0 Å². The number of nitrogens with one attached hydrogen (secondary N) is 2. The molecular formula is C19H17ClN4O2. The van der Waals surface area contributed by atoms with Gasteiger partial charge in [-0.3, -0.25) is 9.59 Å². The van der Waals surface area contributed by atoms with Crippen molar-refractivity contribution < 1.29 is 9.59 Å². The van der Waals surface area contributed by atoms with Crippen molar-refractivity contribution in [1.29, 1.82) is 0 Å². The van der Waals surface area contributed by atoms with Crippen LogP contribution in [0, 0.1) is 0 Å². The summed E-state index contributed by atoms with van der Waals surface area (Å²) in [4.78, 5) is 23.5. The van der Waals surface area contributed by atoms with Crippen LogP contribution in [-0.2, 0) is 11.3 Å². The molecule has 0 saturated carbocycles. The first kappa shape index (κ1) is 17.7. The number of rotatable bonds is 5. The molecule has 0 saturated heterocycles. The number of benzene rings is 2. The van der Waals surface area contributed by atoms with Gasteiger partial charge in [0.25, 0.3) is 5.91 Å². The Labute approximate surface area is 155 Å². The maximum atomic E-state index is 12.4. The Morgan fingerprint density at radius 2 is 1.69 bits per heavy atom. The van der Waals surface area contributed by atoms with Crippen molar-refractivity contribution in [3.8, 4) is 0 Å². The van der Waals surface area contributed by atoms with Crippen LogP contribution in [0.15, 0.2) is 60.8 Å². The van der Waals surface area contributed by atoms with E-state index < -0.39 is 0 Å². The van der Waals surface area contributed by atoms with Gasteiger partial charge in [-0.2, -0.15) is 5.10 Å². The van der Waals surface area contributed by atoms with E-state index in [1.165, 1.54) is 6.92 Å². The fraction of sp³-hybridized carbons (Fsp3) is 0.105. The normalized spacial score (nSPS) is 10.4. The fourth-order valence-corrected chi connectivity index (χ4v) is 2.55. The van der Waals surface area contributed by atoms with E-state index in [2.05, 4.69) is 15.7 Å². The molecule has 0 spiro atoms. The van der Waals surface area contributed by atoms with Gasteiger partial charge in [0.2, 0.25) is 5.91 Å². The monoisotopic (exact) mass is 368 g/mol. The van der Waals surface area contributed by atoms with Crippen LogP contribution in [0.2, 0.25) is 5.02 Å². The SMILES string of the molecule is CC(=O)Nc1ccc(C(=O)Nc2ccnn2Cc2ccc(Cl)cc2)cc1. The number of halogens is 1. The number of anilines is 2. The quantitative estimate of drug-likeness (QED) is 0.719. The van der Waals surface area contributed by atoms with Crippen molar-refractivity contribution >= 4 is 34.9 Å². The molecule has 0 aliphatic rings. The predicted octanol–water partition coefficient (Wildman–Crippen LogP) is 3.80. The number of carbonyl (C=O) groups is 2. The van der Waals surface area contributed by atoms with Gasteiger partial charge >= 0.3 is 0 Å². The zero-order valence-electron chi connectivity index (χ0n) is 14.1. The maximum Gasteiger partial charge on any atom is 0.256 e. The lowest BCUT2D eigenvalue weighted by Gasteiger charge is -2.10. The summed E-state index contributed by atoms with van der Waals surface area (Å²) in [5.74, 6) is 0.182. The highest BCUT2D eigenvalue weighted by atomic mass is 35.5. The Morgan fingerprint density at radius 3 is 2.35 bits per heavy atom. The minimum atomic E-state index is -0.253. The first-order chi connectivity index (χ1) is 12.5. The highest BCUT2D eigenvalue weighted by Gasteiger charge is 2.10. The summed E-state index contributed by atoms with van der Waals surface area (Å²) in [6.45, 7) is 1.95. The number of hydrogen-bond acceptors (Lipinski definition) is 3. The third-order valence-corrected chi connectivity index (χ3v) is 3.92. The third-order valence-electron chi connectivity index (χ3n) is 3.67. The van der Waals surface area contributed by atoms with Crippen LogP contribution in [-0.4, -0.2) is 21.6 Å². The van der Waals surface area contributed by atoms with Gasteiger partial charge < -0.3 is 10.6 Å². The Morgan fingerprint density at radius 1 is 1.00 bits per heavy atom. The first-order valence-corrected chi connectivity index (χ1v) is 8.34. The predicted molar refractivity (Wildman–Crippen MR) is 101 cm³/mol. The number of carbonyl (C=O) groups excluding carboxylic acids is 2. The molecular weight excluding hydrogens is 352 g/mol. The molecule has 132 valence electrons. The molecule has 0 aliphatic carbocycles. The molecule has 26 heavy (non-hydrogen) atoms. The van der Waals surface area contributed by atoms with E-state index in [-0.39, 0.29) is 11.8 Å². The average molecular weight is 369 g/mol. The van der Waals surface area contributed by atoms with Crippen LogP contribution in [0.3, 0.4) is 0 Å². The van der Waals surface area contributed by atoms with Crippen LogP contribution in [0.1, 0.15) is 22.8 Å². The molecule has 7 heteroatoms. The van der Waals surface area contributed by atoms with Gasteiger partial charge in [0, 0.05) is 29.3 Å². The molecule has 6 nitrogen and oxygen atoms in total. The van der Waals surface area contributed by atoms with E-state index in [1.54, 1.807) is 41.2 Å². The fourth-order valence-electron chi connectivity index (χ4n) is 2.42. The van der Waals surface area contributed by atoms with Gasteiger partial charge in [-0.1, -0.05) is 23.7 Å². The second-order valence-corrected chi connectivity index (χ2v) is 6.15. The van der Waals surface area contributed by atoms with Crippen LogP contribution in [0.4, 0.5) is 11.5 Å². The van der Waals surface area contributed by atoms with E-state index in [0.717, 1.165) is 5.56 Å². The summed E-state index contributed by atoms with van der Waals surface area (Å²) >= 11 is 5.90. The van der Waals surface area contributed by atoms with Gasteiger partial charge in [-0.25, -0.2) is 4.68 Å². The van der Waals surface area contributed by atoms with E-state index in [9.17, 15) is 9.59 Å². The van der Waals surface area contributed by atoms with Crippen molar-refractivity contribution in [1.82, 2.24) is 9.78 Å². The molecule has 2 aromatic carbocycles. The third kappa shape index (κ3) is 4.49. The Balaban J connectivity index is 1.69. The van der Waals surface area contributed by atoms with Gasteiger partial charge in [-0.15, -0.1) is 0 Å². The Hall–Kier alpha value is -3.12. The van der Waals surface area contributed by atoms with Gasteiger partial charge in [0.15, 0.2) is 0 Å². The Kier molecular flexibility index (Phi) is 5.34. The molecule has 0 unspecified atom stereocenters.